The lowest BCUT2D eigenvalue weighted by atomic mass is 9.93. The number of likely N-dealkylation sites (tertiary alicyclic amines) is 1. The number of aromatic nitrogens is 3. The van der Waals surface area contributed by atoms with E-state index in [1.165, 1.54) is 29.4 Å². The van der Waals surface area contributed by atoms with E-state index in [0.717, 1.165) is 23.0 Å². The second-order valence-electron chi connectivity index (χ2n) is 8.76. The number of alkyl halides is 2. The number of piperidine rings is 1. The number of nitrogens with one attached hydrogen (secondary N) is 1. The molecule has 4 rings (SSSR count). The highest BCUT2D eigenvalue weighted by molar-refractivity contribution is 6.31. The van der Waals surface area contributed by atoms with Crippen LogP contribution in [0.25, 0.3) is 0 Å². The van der Waals surface area contributed by atoms with Crippen LogP contribution in [-0.2, 0) is 14.3 Å². The molecule has 2 aromatic rings. The topological polar surface area (TPSA) is 122 Å². The summed E-state index contributed by atoms with van der Waals surface area (Å²) in [6, 6.07) is 2.53. The zero-order valence-electron chi connectivity index (χ0n) is 20.2. The molecule has 1 aromatic carbocycles. The number of carbonyl (C=O) groups is 2. The summed E-state index contributed by atoms with van der Waals surface area (Å²) >= 11 is 6.33. The van der Waals surface area contributed by atoms with Crippen molar-refractivity contribution in [3.05, 3.63) is 70.4 Å². The quantitative estimate of drug-likeness (QED) is 0.397. The normalized spacial score (nSPS) is 21.8. The lowest BCUT2D eigenvalue weighted by Gasteiger charge is -2.38. The molecule has 1 unspecified atom stereocenters. The number of aliphatic imine (C=N–C) groups is 1. The molecule has 1 saturated heterocycles. The smallest absolute Gasteiger partial charge is 0.338 e. The lowest BCUT2D eigenvalue weighted by molar-refractivity contribution is -0.139. The van der Waals surface area contributed by atoms with Crippen molar-refractivity contribution < 1.29 is 32.6 Å². The molecule has 0 bridgehead atoms. The number of ether oxygens (including phenoxy) is 1. The summed E-state index contributed by atoms with van der Waals surface area (Å²) in [5.41, 5.74) is 0.476. The number of esters is 1. The van der Waals surface area contributed by atoms with E-state index in [4.69, 9.17) is 21.4 Å². The second-order valence-corrected chi connectivity index (χ2v) is 9.17. The minimum absolute atomic E-state index is 0.00190. The number of aliphatic carboxylic acids is 1. The summed E-state index contributed by atoms with van der Waals surface area (Å²) in [4.78, 5) is 31.2. The molecule has 38 heavy (non-hydrogen) atoms. The first-order chi connectivity index (χ1) is 18.1. The first kappa shape index (κ1) is 27.3. The van der Waals surface area contributed by atoms with Gasteiger partial charge in [0.25, 0.3) is 5.92 Å². The number of nitrogens with zero attached hydrogens (tertiary/aromatic N) is 5. The van der Waals surface area contributed by atoms with Crippen LogP contribution >= 0.6 is 11.6 Å². The van der Waals surface area contributed by atoms with Crippen LogP contribution in [-0.4, -0.2) is 75.1 Å². The Labute approximate surface area is 220 Å². The van der Waals surface area contributed by atoms with Gasteiger partial charge in [0.2, 0.25) is 5.96 Å². The largest absolute Gasteiger partial charge is 0.478 e. The van der Waals surface area contributed by atoms with E-state index < -0.39 is 48.6 Å². The molecule has 0 aliphatic carbocycles. The van der Waals surface area contributed by atoms with Gasteiger partial charge in [0.1, 0.15) is 11.9 Å². The van der Waals surface area contributed by atoms with Crippen LogP contribution in [0.4, 0.5) is 13.2 Å². The summed E-state index contributed by atoms with van der Waals surface area (Å²) in [6.07, 6.45) is 4.37. The number of halogens is 4. The number of carboxylic acid groups (broad SMARTS) is 1. The van der Waals surface area contributed by atoms with Crippen molar-refractivity contribution >= 4 is 29.5 Å². The van der Waals surface area contributed by atoms with Crippen molar-refractivity contribution in [2.45, 2.75) is 25.3 Å². The molecule has 14 heteroatoms. The Bertz CT molecular complexity index is 1300. The zero-order chi connectivity index (χ0) is 27.4. The maximum Gasteiger partial charge on any atom is 0.338 e. The fourth-order valence-corrected chi connectivity index (χ4v) is 4.73. The predicted molar refractivity (Wildman–Crippen MR) is 130 cm³/mol. The molecule has 0 radical (unpaired) electrons. The number of hydrogen-bond acceptors (Lipinski definition) is 8. The van der Waals surface area contributed by atoms with Crippen molar-refractivity contribution in [2.75, 3.05) is 26.2 Å². The third-order valence-electron chi connectivity index (χ3n) is 5.87. The molecule has 2 atom stereocenters. The van der Waals surface area contributed by atoms with Gasteiger partial charge in [0, 0.05) is 41.9 Å². The van der Waals surface area contributed by atoms with Crippen molar-refractivity contribution in [2.24, 2.45) is 10.9 Å². The van der Waals surface area contributed by atoms with E-state index in [1.54, 1.807) is 6.92 Å². The highest BCUT2D eigenvalue weighted by atomic mass is 35.5. The van der Waals surface area contributed by atoms with Crippen LogP contribution in [0.1, 0.15) is 24.9 Å². The highest BCUT2D eigenvalue weighted by Gasteiger charge is 2.41. The number of rotatable bonds is 7. The summed E-state index contributed by atoms with van der Waals surface area (Å²) < 4.78 is 48.4. The van der Waals surface area contributed by atoms with Crippen LogP contribution in [0.3, 0.4) is 0 Å². The van der Waals surface area contributed by atoms with Crippen molar-refractivity contribution in [3.8, 4) is 0 Å². The van der Waals surface area contributed by atoms with E-state index in [2.05, 4.69) is 20.5 Å². The van der Waals surface area contributed by atoms with Crippen LogP contribution in [0.15, 0.2) is 59.0 Å². The van der Waals surface area contributed by atoms with Gasteiger partial charge in [-0.25, -0.2) is 27.8 Å². The van der Waals surface area contributed by atoms with Crippen molar-refractivity contribution in [3.63, 3.8) is 0 Å². The lowest BCUT2D eigenvalue weighted by Crippen LogP contribution is -2.50. The Morgan fingerprint density at radius 3 is 2.71 bits per heavy atom. The molecule has 0 saturated carbocycles. The average molecular weight is 553 g/mol. The molecule has 1 aromatic heterocycles. The maximum atomic E-state index is 14.6. The Hall–Kier alpha value is -3.71. The van der Waals surface area contributed by atoms with Crippen LogP contribution in [0.5, 0.6) is 0 Å². The van der Waals surface area contributed by atoms with Crippen LogP contribution < -0.4 is 5.32 Å². The van der Waals surface area contributed by atoms with Gasteiger partial charge in [-0.15, -0.1) is 4.80 Å². The van der Waals surface area contributed by atoms with Gasteiger partial charge >= 0.3 is 11.9 Å². The molecule has 0 spiro atoms. The third kappa shape index (κ3) is 6.40. The molecular weight excluding hydrogens is 529 g/mol. The monoisotopic (exact) mass is 552 g/mol. The third-order valence-corrected chi connectivity index (χ3v) is 6.20. The van der Waals surface area contributed by atoms with Gasteiger partial charge in [-0.05, 0) is 25.0 Å². The van der Waals surface area contributed by atoms with E-state index in [9.17, 15) is 22.8 Å². The SMILES string of the molecule is CCOC(=O)C1=C(CN2CC(/C=C/C(=O)O)CC(F)(F)C2)NC(n2nccn2)=N[C@H]1c1ccc(F)cc1Cl. The summed E-state index contributed by atoms with van der Waals surface area (Å²) in [7, 11) is 0. The van der Waals surface area contributed by atoms with Gasteiger partial charge in [0.05, 0.1) is 31.1 Å². The Morgan fingerprint density at radius 1 is 1.32 bits per heavy atom. The Kier molecular flexibility index (Phi) is 8.17. The van der Waals surface area contributed by atoms with E-state index in [-0.39, 0.29) is 47.5 Å². The average Bonchev–Trinajstić information content (AvgIpc) is 3.37. The van der Waals surface area contributed by atoms with E-state index >= 15 is 0 Å². The van der Waals surface area contributed by atoms with Gasteiger partial charge in [-0.1, -0.05) is 23.7 Å². The number of carbonyl (C=O) groups excluding carboxylic acids is 1. The Balaban J connectivity index is 1.78. The Morgan fingerprint density at radius 2 is 2.05 bits per heavy atom. The fraction of sp³-hybridized carbons (Fsp3) is 0.375. The number of carboxylic acids is 1. The van der Waals surface area contributed by atoms with Gasteiger partial charge in [-0.2, -0.15) is 10.2 Å². The molecule has 1 fully saturated rings. The van der Waals surface area contributed by atoms with Crippen molar-refractivity contribution in [1.82, 2.24) is 25.2 Å². The molecule has 10 nitrogen and oxygen atoms in total. The minimum atomic E-state index is -3.11. The van der Waals surface area contributed by atoms with Crippen LogP contribution in [0.2, 0.25) is 5.02 Å². The zero-order valence-corrected chi connectivity index (χ0v) is 20.9. The van der Waals surface area contributed by atoms with Gasteiger partial charge < -0.3 is 15.2 Å². The first-order valence-electron chi connectivity index (χ1n) is 11.6. The molecule has 3 heterocycles. The first-order valence-corrected chi connectivity index (χ1v) is 12.0. The van der Waals surface area contributed by atoms with Crippen molar-refractivity contribution in [1.29, 1.82) is 0 Å². The second kappa shape index (κ2) is 11.4. The minimum Gasteiger partial charge on any atom is -0.478 e. The molecule has 0 amide bonds. The summed E-state index contributed by atoms with van der Waals surface area (Å²) in [6.45, 7) is 0.952. The molecule has 2 N–H and O–H groups in total. The van der Waals surface area contributed by atoms with Gasteiger partial charge in [0.15, 0.2) is 0 Å². The maximum absolute atomic E-state index is 14.6. The van der Waals surface area contributed by atoms with E-state index in [0.29, 0.717) is 0 Å². The molecule has 2 aliphatic rings. The molecule has 2 aliphatic heterocycles. The standard InChI is InChI=1S/C24H24ClF3N6O4/c1-2-38-22(37)20-18(12-33-11-14(3-6-19(35)36)10-24(27,28)13-33)31-23(34-29-7-8-30-34)32-21(20)16-5-4-15(26)9-17(16)25/h3-9,14,21H,2,10-13H2,1H3,(H,31,32)(H,35,36)/b6-3+/t14?,21-/m0/s1. The van der Waals surface area contributed by atoms with Gasteiger partial charge in [-0.3, -0.25) is 4.90 Å². The van der Waals surface area contributed by atoms with E-state index in [1.807, 2.05) is 0 Å². The molecule has 202 valence electrons. The number of hydrogen-bond donors (Lipinski definition) is 2. The summed E-state index contributed by atoms with van der Waals surface area (Å²) in [5.74, 6) is -6.36. The predicted octanol–water partition coefficient (Wildman–Crippen LogP) is 3.03. The highest BCUT2D eigenvalue weighted by Crippen LogP contribution is 2.37. The summed E-state index contributed by atoms with van der Waals surface area (Å²) in [5, 5.41) is 20.0. The number of benzene rings is 1. The fourth-order valence-electron chi connectivity index (χ4n) is 4.46. The van der Waals surface area contributed by atoms with Crippen LogP contribution in [0, 0.1) is 11.7 Å². The molecular formula is C24H24ClF3N6O4.